The normalized spacial score (nSPS) is 22.0. The van der Waals surface area contributed by atoms with Crippen molar-refractivity contribution in [1.82, 2.24) is 5.06 Å². The van der Waals surface area contributed by atoms with Crippen LogP contribution < -0.4 is 0 Å². The van der Waals surface area contributed by atoms with Gasteiger partial charge in [0.05, 0.1) is 12.0 Å². The number of benzene rings is 1. The zero-order valence-corrected chi connectivity index (χ0v) is 10.6. The third-order valence-electron chi connectivity index (χ3n) is 4.17. The van der Waals surface area contributed by atoms with Crippen molar-refractivity contribution in [2.24, 2.45) is 5.41 Å². The van der Waals surface area contributed by atoms with Crippen LogP contribution in [0.1, 0.15) is 37.7 Å². The van der Waals surface area contributed by atoms with E-state index >= 15 is 0 Å². The molecule has 1 aromatic rings. The number of hydrogen-bond acceptors (Lipinski definition) is 2. The van der Waals surface area contributed by atoms with Gasteiger partial charge in [0.25, 0.3) is 5.91 Å². The van der Waals surface area contributed by atoms with Crippen molar-refractivity contribution in [3.05, 3.63) is 35.9 Å². The summed E-state index contributed by atoms with van der Waals surface area (Å²) in [6.07, 6.45) is 5.77. The Bertz CT molecular complexity index is 423. The van der Waals surface area contributed by atoms with Gasteiger partial charge in [-0.3, -0.25) is 9.63 Å². The molecular weight excluding hydrogens is 226 g/mol. The molecule has 3 nitrogen and oxygen atoms in total. The SMILES string of the molecule is O=C1N(OCc2ccccc2)CC12CCCCC2. The van der Waals surface area contributed by atoms with E-state index in [0.717, 1.165) is 24.9 Å². The lowest BCUT2D eigenvalue weighted by atomic mass is 9.69. The van der Waals surface area contributed by atoms with E-state index < -0.39 is 0 Å². The van der Waals surface area contributed by atoms with Gasteiger partial charge in [0.1, 0.15) is 6.61 Å². The van der Waals surface area contributed by atoms with Crippen LogP contribution in [0.4, 0.5) is 0 Å². The average molecular weight is 245 g/mol. The molecule has 0 unspecified atom stereocenters. The van der Waals surface area contributed by atoms with Crippen LogP contribution in [0.25, 0.3) is 0 Å². The predicted molar refractivity (Wildman–Crippen MR) is 68.5 cm³/mol. The van der Waals surface area contributed by atoms with Gasteiger partial charge < -0.3 is 0 Å². The van der Waals surface area contributed by atoms with E-state index in [9.17, 15) is 4.79 Å². The topological polar surface area (TPSA) is 29.5 Å². The summed E-state index contributed by atoms with van der Waals surface area (Å²) in [5, 5.41) is 1.55. The molecule has 1 saturated heterocycles. The Hall–Kier alpha value is -1.35. The molecule has 1 aliphatic heterocycles. The van der Waals surface area contributed by atoms with Gasteiger partial charge in [-0.05, 0) is 18.4 Å². The minimum atomic E-state index is -0.0606. The predicted octanol–water partition coefficient (Wildman–Crippen LogP) is 2.91. The lowest BCUT2D eigenvalue weighted by Crippen LogP contribution is -2.61. The maximum absolute atomic E-state index is 12.2. The van der Waals surface area contributed by atoms with Crippen molar-refractivity contribution in [3.8, 4) is 0 Å². The summed E-state index contributed by atoms with van der Waals surface area (Å²) in [7, 11) is 0. The molecule has 0 bridgehead atoms. The van der Waals surface area contributed by atoms with Gasteiger partial charge >= 0.3 is 0 Å². The average Bonchev–Trinajstić information content (AvgIpc) is 2.45. The largest absolute Gasteiger partial charge is 0.272 e. The van der Waals surface area contributed by atoms with Crippen LogP contribution in [0.5, 0.6) is 0 Å². The molecule has 3 rings (SSSR count). The van der Waals surface area contributed by atoms with Crippen LogP contribution >= 0.6 is 0 Å². The summed E-state index contributed by atoms with van der Waals surface area (Å²) in [4.78, 5) is 17.7. The van der Waals surface area contributed by atoms with Crippen LogP contribution in [0.3, 0.4) is 0 Å². The first-order chi connectivity index (χ1) is 8.80. The molecule has 1 aliphatic carbocycles. The number of carbonyl (C=O) groups is 1. The Balaban J connectivity index is 1.53. The zero-order valence-electron chi connectivity index (χ0n) is 10.6. The minimum absolute atomic E-state index is 0.0606. The molecule has 1 amide bonds. The molecule has 1 heterocycles. The third kappa shape index (κ3) is 2.03. The first-order valence-electron chi connectivity index (χ1n) is 6.79. The smallest absolute Gasteiger partial charge is 0.254 e. The van der Waals surface area contributed by atoms with E-state index in [-0.39, 0.29) is 11.3 Å². The second-order valence-electron chi connectivity index (χ2n) is 5.44. The number of amides is 1. The first-order valence-corrected chi connectivity index (χ1v) is 6.79. The van der Waals surface area contributed by atoms with Gasteiger partial charge in [-0.15, -0.1) is 0 Å². The zero-order chi connectivity index (χ0) is 12.4. The van der Waals surface area contributed by atoms with E-state index in [1.165, 1.54) is 19.3 Å². The maximum atomic E-state index is 12.2. The van der Waals surface area contributed by atoms with Crippen molar-refractivity contribution in [2.75, 3.05) is 6.54 Å². The van der Waals surface area contributed by atoms with E-state index in [2.05, 4.69) is 0 Å². The lowest BCUT2D eigenvalue weighted by molar-refractivity contribution is -0.246. The van der Waals surface area contributed by atoms with E-state index in [1.807, 2.05) is 30.3 Å². The highest BCUT2D eigenvalue weighted by Gasteiger charge is 2.52. The molecular formula is C15H19NO2. The van der Waals surface area contributed by atoms with Crippen molar-refractivity contribution < 1.29 is 9.63 Å². The van der Waals surface area contributed by atoms with Crippen molar-refractivity contribution >= 4 is 5.91 Å². The van der Waals surface area contributed by atoms with Gasteiger partial charge in [-0.1, -0.05) is 49.6 Å². The molecule has 2 fully saturated rings. The van der Waals surface area contributed by atoms with Gasteiger partial charge in [0, 0.05) is 0 Å². The lowest BCUT2D eigenvalue weighted by Gasteiger charge is -2.49. The number of nitrogens with zero attached hydrogens (tertiary/aromatic N) is 1. The standard InChI is InChI=1S/C15H19NO2/c17-14-15(9-5-2-6-10-15)12-16(14)18-11-13-7-3-1-4-8-13/h1,3-4,7-8H,2,5-6,9-12H2. The molecule has 96 valence electrons. The van der Waals surface area contributed by atoms with Gasteiger partial charge in [0.2, 0.25) is 0 Å². The van der Waals surface area contributed by atoms with Gasteiger partial charge in [-0.2, -0.15) is 0 Å². The number of β-lactam (4-membered cyclic amide) rings is 1. The molecule has 3 heteroatoms. The molecule has 1 spiro atoms. The Morgan fingerprint density at radius 2 is 1.83 bits per heavy atom. The molecule has 18 heavy (non-hydrogen) atoms. The highest BCUT2D eigenvalue weighted by atomic mass is 16.7. The Morgan fingerprint density at radius 1 is 1.11 bits per heavy atom. The quantitative estimate of drug-likeness (QED) is 0.766. The minimum Gasteiger partial charge on any atom is -0.272 e. The number of hydrogen-bond donors (Lipinski definition) is 0. The summed E-state index contributed by atoms with van der Waals surface area (Å²) in [5.41, 5.74) is 1.05. The fourth-order valence-corrected chi connectivity index (χ4v) is 3.02. The number of carbonyl (C=O) groups excluding carboxylic acids is 1. The second-order valence-corrected chi connectivity index (χ2v) is 5.44. The second kappa shape index (κ2) is 4.73. The molecule has 0 atom stereocenters. The van der Waals surface area contributed by atoms with Crippen molar-refractivity contribution in [1.29, 1.82) is 0 Å². The summed E-state index contributed by atoms with van der Waals surface area (Å²) in [5.74, 6) is 0.207. The highest BCUT2D eigenvalue weighted by Crippen LogP contribution is 2.45. The van der Waals surface area contributed by atoms with Crippen LogP contribution in [0, 0.1) is 5.41 Å². The molecule has 1 saturated carbocycles. The first kappa shape index (κ1) is 11.7. The molecule has 0 N–H and O–H groups in total. The van der Waals surface area contributed by atoms with Crippen molar-refractivity contribution in [2.45, 2.75) is 38.7 Å². The maximum Gasteiger partial charge on any atom is 0.254 e. The third-order valence-corrected chi connectivity index (χ3v) is 4.17. The fraction of sp³-hybridized carbons (Fsp3) is 0.533. The van der Waals surface area contributed by atoms with Crippen LogP contribution in [0.2, 0.25) is 0 Å². The summed E-state index contributed by atoms with van der Waals surface area (Å²) < 4.78 is 0. The summed E-state index contributed by atoms with van der Waals surface area (Å²) in [6, 6.07) is 9.98. The number of rotatable bonds is 3. The Labute approximate surface area is 108 Å². The molecule has 0 radical (unpaired) electrons. The molecule has 2 aliphatic rings. The Kier molecular flexibility index (Phi) is 3.08. The Morgan fingerprint density at radius 3 is 2.50 bits per heavy atom. The molecule has 0 aromatic heterocycles. The summed E-state index contributed by atoms with van der Waals surface area (Å²) in [6.45, 7) is 1.28. The van der Waals surface area contributed by atoms with Crippen LogP contribution in [-0.2, 0) is 16.2 Å². The number of hydroxylamine groups is 2. The van der Waals surface area contributed by atoms with Crippen LogP contribution in [-0.4, -0.2) is 17.5 Å². The fourth-order valence-electron chi connectivity index (χ4n) is 3.02. The summed E-state index contributed by atoms with van der Waals surface area (Å²) >= 11 is 0. The van der Waals surface area contributed by atoms with Gasteiger partial charge in [-0.25, -0.2) is 5.06 Å². The monoisotopic (exact) mass is 245 g/mol. The highest BCUT2D eigenvalue weighted by molar-refractivity contribution is 5.87. The molecule has 1 aromatic carbocycles. The van der Waals surface area contributed by atoms with Crippen molar-refractivity contribution in [3.63, 3.8) is 0 Å². The van der Waals surface area contributed by atoms with E-state index in [0.29, 0.717) is 6.61 Å². The van der Waals surface area contributed by atoms with Crippen LogP contribution in [0.15, 0.2) is 30.3 Å². The van der Waals surface area contributed by atoms with E-state index in [1.54, 1.807) is 5.06 Å². The van der Waals surface area contributed by atoms with E-state index in [4.69, 9.17) is 4.84 Å². The van der Waals surface area contributed by atoms with Gasteiger partial charge in [0.15, 0.2) is 0 Å².